The number of nitrogens with one attached hydrogen (secondary N) is 2. The maximum absolute atomic E-state index is 6.04. The highest BCUT2D eigenvalue weighted by Crippen LogP contribution is 2.29. The van der Waals surface area contributed by atoms with Crippen molar-refractivity contribution in [1.29, 1.82) is 0 Å². The van der Waals surface area contributed by atoms with Gasteiger partial charge in [-0.1, -0.05) is 43.1 Å². The molecule has 0 heterocycles. The van der Waals surface area contributed by atoms with Crippen LogP contribution in [0.5, 0.6) is 0 Å². The third kappa shape index (κ3) is 5.11. The van der Waals surface area contributed by atoms with Gasteiger partial charge in [-0.2, -0.15) is 0 Å². The standard InChI is InChI=1S/C12H16Cl2N2S/c1-8(2)6-7-15-12(17)16-10-5-3-4-9(13)11(10)14/h3-5,8H,6-7H2,1-2H3,(H2,15,16,17). The minimum atomic E-state index is 0.488. The van der Waals surface area contributed by atoms with E-state index in [2.05, 4.69) is 24.5 Å². The van der Waals surface area contributed by atoms with Crippen LogP contribution in [0, 0.1) is 5.92 Å². The Bertz CT molecular complexity index is 394. The average Bonchev–Trinajstić information content (AvgIpc) is 2.24. The van der Waals surface area contributed by atoms with Gasteiger partial charge in [-0.05, 0) is 36.7 Å². The lowest BCUT2D eigenvalue weighted by atomic mass is 10.1. The molecule has 17 heavy (non-hydrogen) atoms. The number of halogens is 2. The van der Waals surface area contributed by atoms with E-state index in [9.17, 15) is 0 Å². The maximum Gasteiger partial charge on any atom is 0.170 e. The van der Waals surface area contributed by atoms with Crippen LogP contribution in [-0.4, -0.2) is 11.7 Å². The number of rotatable bonds is 4. The van der Waals surface area contributed by atoms with Crippen molar-refractivity contribution in [3.05, 3.63) is 28.2 Å². The Kier molecular flexibility index (Phi) is 6.03. The van der Waals surface area contributed by atoms with Gasteiger partial charge < -0.3 is 10.6 Å². The van der Waals surface area contributed by atoms with E-state index in [4.69, 9.17) is 35.4 Å². The highest BCUT2D eigenvalue weighted by molar-refractivity contribution is 7.80. The summed E-state index contributed by atoms with van der Waals surface area (Å²) < 4.78 is 0. The van der Waals surface area contributed by atoms with Crippen molar-refractivity contribution in [3.8, 4) is 0 Å². The molecule has 0 aliphatic heterocycles. The van der Waals surface area contributed by atoms with Crippen molar-refractivity contribution in [2.24, 2.45) is 5.92 Å². The molecule has 0 atom stereocenters. The second kappa shape index (κ2) is 7.04. The largest absolute Gasteiger partial charge is 0.362 e. The van der Waals surface area contributed by atoms with Gasteiger partial charge in [0, 0.05) is 6.54 Å². The third-order valence-corrected chi connectivity index (χ3v) is 3.27. The number of anilines is 1. The first-order valence-corrected chi connectivity index (χ1v) is 6.66. The Morgan fingerprint density at radius 2 is 2.06 bits per heavy atom. The summed E-state index contributed by atoms with van der Waals surface area (Å²) in [5.41, 5.74) is 0.723. The Balaban J connectivity index is 2.48. The lowest BCUT2D eigenvalue weighted by Gasteiger charge is -2.13. The molecule has 0 aliphatic carbocycles. The maximum atomic E-state index is 6.04. The van der Waals surface area contributed by atoms with Crippen LogP contribution in [0.2, 0.25) is 10.0 Å². The fraction of sp³-hybridized carbons (Fsp3) is 0.417. The lowest BCUT2D eigenvalue weighted by Crippen LogP contribution is -2.29. The molecule has 1 aromatic rings. The average molecular weight is 291 g/mol. The van der Waals surface area contributed by atoms with Crippen molar-refractivity contribution >= 4 is 46.2 Å². The van der Waals surface area contributed by atoms with Crippen LogP contribution in [0.15, 0.2) is 18.2 Å². The molecule has 0 amide bonds. The molecule has 0 saturated heterocycles. The van der Waals surface area contributed by atoms with Crippen LogP contribution < -0.4 is 10.6 Å². The Morgan fingerprint density at radius 1 is 1.35 bits per heavy atom. The fourth-order valence-corrected chi connectivity index (χ4v) is 1.80. The van der Waals surface area contributed by atoms with Gasteiger partial charge in [0.05, 0.1) is 15.7 Å². The monoisotopic (exact) mass is 290 g/mol. The summed E-state index contributed by atoms with van der Waals surface area (Å²) in [6.45, 7) is 5.19. The number of hydrogen-bond acceptors (Lipinski definition) is 1. The van der Waals surface area contributed by atoms with E-state index in [-0.39, 0.29) is 0 Å². The van der Waals surface area contributed by atoms with E-state index < -0.39 is 0 Å². The van der Waals surface area contributed by atoms with Crippen LogP contribution in [0.3, 0.4) is 0 Å². The summed E-state index contributed by atoms with van der Waals surface area (Å²) in [5.74, 6) is 0.653. The predicted molar refractivity (Wildman–Crippen MR) is 80.1 cm³/mol. The van der Waals surface area contributed by atoms with Crippen molar-refractivity contribution in [1.82, 2.24) is 5.32 Å². The minimum Gasteiger partial charge on any atom is -0.362 e. The Labute approximate surface area is 118 Å². The van der Waals surface area contributed by atoms with E-state index in [0.29, 0.717) is 21.1 Å². The van der Waals surface area contributed by atoms with E-state index in [1.54, 1.807) is 6.07 Å². The molecule has 2 nitrogen and oxygen atoms in total. The second-order valence-corrected chi connectivity index (χ2v) is 5.36. The SMILES string of the molecule is CC(C)CCNC(=S)Nc1cccc(Cl)c1Cl. The molecule has 0 aliphatic rings. The smallest absolute Gasteiger partial charge is 0.170 e. The summed E-state index contributed by atoms with van der Waals surface area (Å²) >= 11 is 17.1. The topological polar surface area (TPSA) is 24.1 Å². The normalized spacial score (nSPS) is 10.4. The first-order chi connectivity index (χ1) is 8.00. The molecule has 0 saturated carbocycles. The van der Waals surface area contributed by atoms with Crippen molar-refractivity contribution in [2.75, 3.05) is 11.9 Å². The molecule has 0 spiro atoms. The molecule has 0 unspecified atom stereocenters. The number of hydrogen-bond donors (Lipinski definition) is 2. The molecule has 5 heteroatoms. The van der Waals surface area contributed by atoms with Crippen molar-refractivity contribution in [2.45, 2.75) is 20.3 Å². The Morgan fingerprint density at radius 3 is 2.71 bits per heavy atom. The summed E-state index contributed by atoms with van der Waals surface area (Å²) in [4.78, 5) is 0. The van der Waals surface area contributed by atoms with E-state index >= 15 is 0 Å². The zero-order valence-electron chi connectivity index (χ0n) is 9.89. The zero-order chi connectivity index (χ0) is 12.8. The van der Waals surface area contributed by atoms with Crippen LogP contribution >= 0.6 is 35.4 Å². The van der Waals surface area contributed by atoms with E-state index in [1.807, 2.05) is 12.1 Å². The van der Waals surface area contributed by atoms with Crippen LogP contribution in [-0.2, 0) is 0 Å². The van der Waals surface area contributed by atoms with E-state index in [0.717, 1.165) is 18.7 Å². The molecule has 0 radical (unpaired) electrons. The Hall–Kier alpha value is -0.510. The summed E-state index contributed by atoms with van der Waals surface area (Å²) in [7, 11) is 0. The molecule has 94 valence electrons. The molecular weight excluding hydrogens is 275 g/mol. The third-order valence-electron chi connectivity index (χ3n) is 2.21. The van der Waals surface area contributed by atoms with Gasteiger partial charge in [-0.25, -0.2) is 0 Å². The van der Waals surface area contributed by atoms with Crippen LogP contribution in [0.25, 0.3) is 0 Å². The molecule has 1 aromatic carbocycles. The van der Waals surface area contributed by atoms with Crippen molar-refractivity contribution < 1.29 is 0 Å². The van der Waals surface area contributed by atoms with Gasteiger partial charge in [-0.15, -0.1) is 0 Å². The zero-order valence-corrected chi connectivity index (χ0v) is 12.2. The van der Waals surface area contributed by atoms with E-state index in [1.165, 1.54) is 0 Å². The highest BCUT2D eigenvalue weighted by Gasteiger charge is 2.05. The molecule has 0 bridgehead atoms. The van der Waals surface area contributed by atoms with Gasteiger partial charge in [0.1, 0.15) is 0 Å². The van der Waals surface area contributed by atoms with Crippen molar-refractivity contribution in [3.63, 3.8) is 0 Å². The first kappa shape index (κ1) is 14.6. The minimum absolute atomic E-state index is 0.488. The summed E-state index contributed by atoms with van der Waals surface area (Å²) in [5, 5.41) is 7.72. The second-order valence-electron chi connectivity index (χ2n) is 4.16. The number of benzene rings is 1. The van der Waals surface area contributed by atoms with Gasteiger partial charge in [-0.3, -0.25) is 0 Å². The summed E-state index contributed by atoms with van der Waals surface area (Å²) in [6, 6.07) is 5.40. The fourth-order valence-electron chi connectivity index (χ4n) is 1.24. The van der Waals surface area contributed by atoms with Crippen LogP contribution in [0.4, 0.5) is 5.69 Å². The molecule has 0 aromatic heterocycles. The lowest BCUT2D eigenvalue weighted by molar-refractivity contribution is 0.579. The number of thiocarbonyl (C=S) groups is 1. The molecule has 1 rings (SSSR count). The van der Waals surface area contributed by atoms with Gasteiger partial charge in [0.25, 0.3) is 0 Å². The predicted octanol–water partition coefficient (Wildman–Crippen LogP) is 4.33. The quantitative estimate of drug-likeness (QED) is 0.808. The summed E-state index contributed by atoms with van der Waals surface area (Å²) in [6.07, 6.45) is 1.07. The first-order valence-electron chi connectivity index (χ1n) is 5.49. The molecule has 2 N–H and O–H groups in total. The van der Waals surface area contributed by atoms with Gasteiger partial charge in [0.15, 0.2) is 5.11 Å². The highest BCUT2D eigenvalue weighted by atomic mass is 35.5. The van der Waals surface area contributed by atoms with Gasteiger partial charge >= 0.3 is 0 Å². The molecule has 0 fully saturated rings. The van der Waals surface area contributed by atoms with Gasteiger partial charge in [0.2, 0.25) is 0 Å². The van der Waals surface area contributed by atoms with Crippen LogP contribution in [0.1, 0.15) is 20.3 Å². The molecular formula is C12H16Cl2N2S.